The monoisotopic (exact) mass is 384 g/mol. The van der Waals surface area contributed by atoms with Gasteiger partial charge in [-0.2, -0.15) is 18.2 Å². The smallest absolute Gasteiger partial charge is 0.433 e. The maximum Gasteiger partial charge on any atom is 0.433 e. The Labute approximate surface area is 155 Å². The molecule has 3 unspecified atom stereocenters. The van der Waals surface area contributed by atoms with E-state index in [2.05, 4.69) is 9.97 Å². The maximum absolute atomic E-state index is 13.4. The number of carboxylic acids is 1. The van der Waals surface area contributed by atoms with Crippen molar-refractivity contribution in [3.05, 3.63) is 11.8 Å². The van der Waals surface area contributed by atoms with Crippen LogP contribution in [0.3, 0.4) is 0 Å². The molecule has 0 amide bonds. The highest BCUT2D eigenvalue weighted by molar-refractivity contribution is 5.67. The Kier molecular flexibility index (Phi) is 4.43. The van der Waals surface area contributed by atoms with Crippen molar-refractivity contribution in [1.29, 1.82) is 0 Å². The first-order chi connectivity index (χ1) is 12.7. The van der Waals surface area contributed by atoms with E-state index in [4.69, 9.17) is 5.11 Å². The molecule has 0 spiro atoms. The van der Waals surface area contributed by atoms with Crippen molar-refractivity contribution in [1.82, 2.24) is 9.97 Å². The molecule has 4 heterocycles. The fraction of sp³-hybridized carbons (Fsp3) is 0.722. The van der Waals surface area contributed by atoms with Gasteiger partial charge in [0.05, 0.1) is 0 Å². The lowest BCUT2D eigenvalue weighted by molar-refractivity contribution is -0.141. The van der Waals surface area contributed by atoms with Crippen molar-refractivity contribution in [2.45, 2.75) is 69.8 Å². The summed E-state index contributed by atoms with van der Waals surface area (Å²) in [6.45, 7) is 2.61. The molecule has 0 saturated carbocycles. The molecule has 3 aliphatic rings. The number of aliphatic carboxylic acids is 1. The number of fused-ring (bicyclic) bond motifs is 2. The van der Waals surface area contributed by atoms with Crippen molar-refractivity contribution in [3.63, 3.8) is 0 Å². The number of hydrogen-bond acceptors (Lipinski definition) is 5. The highest BCUT2D eigenvalue weighted by Crippen LogP contribution is 2.43. The Morgan fingerprint density at radius 3 is 2.37 bits per heavy atom. The summed E-state index contributed by atoms with van der Waals surface area (Å²) in [5.74, 6) is -0.267. The van der Waals surface area contributed by atoms with E-state index in [1.54, 1.807) is 4.90 Å². The molecule has 6 nitrogen and oxygen atoms in total. The van der Waals surface area contributed by atoms with Gasteiger partial charge >= 0.3 is 12.1 Å². The van der Waals surface area contributed by atoms with Crippen LogP contribution in [0.15, 0.2) is 6.07 Å². The number of carbonyl (C=O) groups is 1. The zero-order valence-electron chi connectivity index (χ0n) is 15.1. The molecule has 1 N–H and O–H groups in total. The lowest BCUT2D eigenvalue weighted by Gasteiger charge is -2.41. The Balaban J connectivity index is 1.65. The number of alkyl halides is 3. The van der Waals surface area contributed by atoms with Gasteiger partial charge < -0.3 is 14.9 Å². The van der Waals surface area contributed by atoms with E-state index in [-0.39, 0.29) is 36.4 Å². The molecule has 0 aliphatic carbocycles. The Bertz CT molecular complexity index is 728. The van der Waals surface area contributed by atoms with Gasteiger partial charge in [-0.3, -0.25) is 4.79 Å². The molecular weight excluding hydrogens is 361 g/mol. The Morgan fingerprint density at radius 2 is 1.89 bits per heavy atom. The third kappa shape index (κ3) is 3.43. The highest BCUT2D eigenvalue weighted by atomic mass is 19.4. The van der Waals surface area contributed by atoms with Crippen LogP contribution in [-0.2, 0) is 11.0 Å². The molecule has 0 aromatic carbocycles. The molecular formula is C18H23F3N4O2. The molecule has 0 radical (unpaired) electrons. The van der Waals surface area contributed by atoms with Crippen LogP contribution >= 0.6 is 0 Å². The van der Waals surface area contributed by atoms with Crippen molar-refractivity contribution >= 4 is 17.7 Å². The molecule has 148 valence electrons. The van der Waals surface area contributed by atoms with Gasteiger partial charge in [0.15, 0.2) is 5.69 Å². The van der Waals surface area contributed by atoms with Gasteiger partial charge in [0, 0.05) is 37.2 Å². The summed E-state index contributed by atoms with van der Waals surface area (Å²) in [5.41, 5.74) is -0.909. The minimum atomic E-state index is -4.53. The van der Waals surface area contributed by atoms with E-state index < -0.39 is 17.8 Å². The van der Waals surface area contributed by atoms with E-state index in [9.17, 15) is 18.0 Å². The summed E-state index contributed by atoms with van der Waals surface area (Å²) in [7, 11) is 0. The number of halogens is 3. The normalized spacial score (nSPS) is 30.4. The lowest BCUT2D eigenvalue weighted by Crippen LogP contribution is -2.48. The number of aromatic nitrogens is 2. The molecule has 3 aliphatic heterocycles. The summed E-state index contributed by atoms with van der Waals surface area (Å²) in [5, 5.41) is 9.06. The van der Waals surface area contributed by atoms with Crippen molar-refractivity contribution in [2.75, 3.05) is 16.3 Å². The topological polar surface area (TPSA) is 69.6 Å². The van der Waals surface area contributed by atoms with Crippen LogP contribution in [-0.4, -0.2) is 45.7 Å². The van der Waals surface area contributed by atoms with Gasteiger partial charge in [0.1, 0.15) is 5.82 Å². The first-order valence-electron chi connectivity index (χ1n) is 9.45. The van der Waals surface area contributed by atoms with Gasteiger partial charge in [-0.15, -0.1) is 0 Å². The SMILES string of the molecule is CC1CCN1c1nc(N2C3CCC2CC(CC(=O)O)C3)cc(C(F)(F)F)n1. The minimum absolute atomic E-state index is 0.0470. The average Bonchev–Trinajstić information content (AvgIpc) is 2.83. The standard InChI is InChI=1S/C18H23F3N4O2/c1-10-4-5-24(10)17-22-14(18(19,20)21)9-15(23-17)25-12-2-3-13(25)7-11(6-12)8-16(26)27/h9-13H,2-8H2,1H3,(H,26,27). The number of anilines is 2. The first kappa shape index (κ1) is 18.3. The van der Waals surface area contributed by atoms with Crippen LogP contribution < -0.4 is 9.80 Å². The van der Waals surface area contributed by atoms with Gasteiger partial charge in [-0.25, -0.2) is 4.98 Å². The van der Waals surface area contributed by atoms with Crippen molar-refractivity contribution in [3.8, 4) is 0 Å². The lowest BCUT2D eigenvalue weighted by atomic mass is 9.88. The number of piperidine rings is 1. The Hall–Kier alpha value is -2.06. The zero-order chi connectivity index (χ0) is 19.3. The summed E-state index contributed by atoms with van der Waals surface area (Å²) < 4.78 is 40.3. The largest absolute Gasteiger partial charge is 0.481 e. The quantitative estimate of drug-likeness (QED) is 0.859. The fourth-order valence-corrected chi connectivity index (χ4v) is 4.72. The molecule has 4 rings (SSSR count). The van der Waals surface area contributed by atoms with Crippen LogP contribution in [0.5, 0.6) is 0 Å². The van der Waals surface area contributed by atoms with E-state index in [1.807, 2.05) is 11.8 Å². The summed E-state index contributed by atoms with van der Waals surface area (Å²) >= 11 is 0. The molecule has 3 fully saturated rings. The van der Waals surface area contributed by atoms with E-state index in [0.717, 1.165) is 25.3 Å². The number of rotatable bonds is 4. The third-order valence-electron chi connectivity index (χ3n) is 6.13. The molecule has 27 heavy (non-hydrogen) atoms. The second-order valence-electron chi connectivity index (χ2n) is 7.97. The van der Waals surface area contributed by atoms with Crippen LogP contribution in [0.2, 0.25) is 0 Å². The first-order valence-corrected chi connectivity index (χ1v) is 9.45. The number of carboxylic acid groups (broad SMARTS) is 1. The summed E-state index contributed by atoms with van der Waals surface area (Å²) in [6.07, 6.45) is -0.395. The Morgan fingerprint density at radius 1 is 1.22 bits per heavy atom. The van der Waals surface area contributed by atoms with E-state index >= 15 is 0 Å². The predicted molar refractivity (Wildman–Crippen MR) is 92.7 cm³/mol. The third-order valence-corrected chi connectivity index (χ3v) is 6.13. The second-order valence-corrected chi connectivity index (χ2v) is 7.97. The molecule has 3 saturated heterocycles. The minimum Gasteiger partial charge on any atom is -0.481 e. The van der Waals surface area contributed by atoms with Crippen LogP contribution in [0.1, 0.15) is 51.1 Å². The average molecular weight is 384 g/mol. The number of hydrogen-bond donors (Lipinski definition) is 1. The van der Waals surface area contributed by atoms with Gasteiger partial charge in [0.2, 0.25) is 5.95 Å². The van der Waals surface area contributed by atoms with E-state index in [0.29, 0.717) is 25.2 Å². The second kappa shape index (κ2) is 6.53. The van der Waals surface area contributed by atoms with Crippen LogP contribution in [0, 0.1) is 5.92 Å². The van der Waals surface area contributed by atoms with Crippen LogP contribution in [0.25, 0.3) is 0 Å². The zero-order valence-corrected chi connectivity index (χ0v) is 15.1. The molecule has 1 aromatic rings. The predicted octanol–water partition coefficient (Wildman–Crippen LogP) is 3.32. The summed E-state index contributed by atoms with van der Waals surface area (Å²) in [4.78, 5) is 23.1. The molecule has 3 atom stereocenters. The van der Waals surface area contributed by atoms with Gasteiger partial charge in [-0.05, 0) is 44.9 Å². The van der Waals surface area contributed by atoms with Gasteiger partial charge in [-0.1, -0.05) is 0 Å². The van der Waals surface area contributed by atoms with Gasteiger partial charge in [0.25, 0.3) is 0 Å². The number of nitrogens with zero attached hydrogens (tertiary/aromatic N) is 4. The maximum atomic E-state index is 13.4. The highest BCUT2D eigenvalue weighted by Gasteiger charge is 2.43. The van der Waals surface area contributed by atoms with E-state index in [1.165, 1.54) is 0 Å². The molecule has 9 heteroatoms. The fourth-order valence-electron chi connectivity index (χ4n) is 4.72. The van der Waals surface area contributed by atoms with Crippen molar-refractivity contribution < 1.29 is 23.1 Å². The molecule has 1 aromatic heterocycles. The van der Waals surface area contributed by atoms with Crippen LogP contribution in [0.4, 0.5) is 24.9 Å². The van der Waals surface area contributed by atoms with Crippen molar-refractivity contribution in [2.24, 2.45) is 5.92 Å². The summed E-state index contributed by atoms with van der Waals surface area (Å²) in [6, 6.07) is 1.28. The molecule has 2 bridgehead atoms.